The summed E-state index contributed by atoms with van der Waals surface area (Å²) >= 11 is 0. The molecule has 1 unspecified atom stereocenters. The largest absolute Gasteiger partial charge is 0.507 e. The van der Waals surface area contributed by atoms with Crippen molar-refractivity contribution in [3.63, 3.8) is 0 Å². The summed E-state index contributed by atoms with van der Waals surface area (Å²) in [6, 6.07) is 20.0. The minimum Gasteiger partial charge on any atom is -0.507 e. The van der Waals surface area contributed by atoms with Crippen molar-refractivity contribution < 1.29 is 19.4 Å². The minimum absolute atomic E-state index is 0.0816. The first kappa shape index (κ1) is 28.9. The van der Waals surface area contributed by atoms with Crippen molar-refractivity contribution in [3.8, 4) is 5.75 Å². The highest BCUT2D eigenvalue weighted by Crippen LogP contribution is 2.43. The number of anilines is 2. The molecule has 40 heavy (non-hydrogen) atoms. The van der Waals surface area contributed by atoms with Crippen molar-refractivity contribution >= 4 is 28.8 Å². The Bertz CT molecular complexity index is 1370. The summed E-state index contributed by atoms with van der Waals surface area (Å²) in [6.45, 7) is 12.6. The van der Waals surface area contributed by atoms with Gasteiger partial charge in [-0.1, -0.05) is 44.0 Å². The molecule has 1 aliphatic rings. The van der Waals surface area contributed by atoms with Crippen molar-refractivity contribution in [2.75, 3.05) is 29.5 Å². The second-order valence-electron chi connectivity index (χ2n) is 10.3. The standard InChI is InChI=1S/C34H40N2O4/c1-6-9-10-21-40-28-19-15-26(16-20-28)32(37)30-31(25-13-17-27(18-14-25)35(7-2)8-3)36(34(39)33(30)38)29-22-23(4)11-12-24(29)5/h11-20,22,31,37H,6-10,21H2,1-5H3/b32-30+. The van der Waals surface area contributed by atoms with Crippen molar-refractivity contribution in [1.82, 2.24) is 0 Å². The Morgan fingerprint density at radius 3 is 2.20 bits per heavy atom. The Labute approximate surface area is 237 Å². The van der Waals surface area contributed by atoms with Gasteiger partial charge in [-0.15, -0.1) is 0 Å². The fraction of sp³-hybridized carbons (Fsp3) is 0.353. The molecule has 0 radical (unpaired) electrons. The van der Waals surface area contributed by atoms with Gasteiger partial charge in [0.1, 0.15) is 11.5 Å². The Balaban J connectivity index is 1.79. The molecule has 1 aliphatic heterocycles. The van der Waals surface area contributed by atoms with Crippen LogP contribution in [0, 0.1) is 13.8 Å². The lowest BCUT2D eigenvalue weighted by Crippen LogP contribution is -2.30. The van der Waals surface area contributed by atoms with Gasteiger partial charge in [-0.25, -0.2) is 0 Å². The molecule has 1 saturated heterocycles. The van der Waals surface area contributed by atoms with Gasteiger partial charge in [0.25, 0.3) is 11.7 Å². The van der Waals surface area contributed by atoms with Gasteiger partial charge in [0.15, 0.2) is 0 Å². The van der Waals surface area contributed by atoms with Gasteiger partial charge < -0.3 is 14.7 Å². The second-order valence-corrected chi connectivity index (χ2v) is 10.3. The van der Waals surface area contributed by atoms with E-state index in [9.17, 15) is 14.7 Å². The zero-order chi connectivity index (χ0) is 28.8. The first-order valence-corrected chi connectivity index (χ1v) is 14.3. The van der Waals surface area contributed by atoms with E-state index in [0.29, 0.717) is 23.6 Å². The highest BCUT2D eigenvalue weighted by molar-refractivity contribution is 6.51. The number of unbranched alkanes of at least 4 members (excludes halogenated alkanes) is 2. The Kier molecular flexibility index (Phi) is 9.30. The van der Waals surface area contributed by atoms with Crippen LogP contribution in [0.2, 0.25) is 0 Å². The average molecular weight is 541 g/mol. The molecule has 1 heterocycles. The van der Waals surface area contributed by atoms with Crippen LogP contribution in [-0.4, -0.2) is 36.5 Å². The zero-order valence-corrected chi connectivity index (χ0v) is 24.2. The number of carbonyl (C=O) groups excluding carboxylic acids is 2. The van der Waals surface area contributed by atoms with E-state index < -0.39 is 17.7 Å². The summed E-state index contributed by atoms with van der Waals surface area (Å²) < 4.78 is 5.81. The average Bonchev–Trinajstić information content (AvgIpc) is 3.23. The number of hydrogen-bond donors (Lipinski definition) is 1. The smallest absolute Gasteiger partial charge is 0.300 e. The topological polar surface area (TPSA) is 70.1 Å². The summed E-state index contributed by atoms with van der Waals surface area (Å²) in [5, 5.41) is 11.5. The van der Waals surface area contributed by atoms with E-state index in [4.69, 9.17) is 4.74 Å². The van der Waals surface area contributed by atoms with E-state index in [1.54, 1.807) is 24.3 Å². The van der Waals surface area contributed by atoms with Crippen LogP contribution in [0.1, 0.15) is 68.3 Å². The van der Waals surface area contributed by atoms with E-state index in [1.165, 1.54) is 4.90 Å². The van der Waals surface area contributed by atoms with Crippen LogP contribution in [0.3, 0.4) is 0 Å². The molecule has 1 atom stereocenters. The van der Waals surface area contributed by atoms with Crippen molar-refractivity contribution in [2.24, 2.45) is 0 Å². The molecule has 3 aromatic rings. The zero-order valence-electron chi connectivity index (χ0n) is 24.2. The fourth-order valence-electron chi connectivity index (χ4n) is 5.24. The molecule has 0 bridgehead atoms. The van der Waals surface area contributed by atoms with Gasteiger partial charge in [0, 0.05) is 30.0 Å². The van der Waals surface area contributed by atoms with Gasteiger partial charge in [0.05, 0.1) is 18.2 Å². The molecule has 210 valence electrons. The Morgan fingerprint density at radius 2 is 1.57 bits per heavy atom. The van der Waals surface area contributed by atoms with E-state index in [-0.39, 0.29) is 11.3 Å². The van der Waals surface area contributed by atoms with E-state index in [2.05, 4.69) is 25.7 Å². The minimum atomic E-state index is -0.767. The van der Waals surface area contributed by atoms with Gasteiger partial charge in [0.2, 0.25) is 0 Å². The summed E-state index contributed by atoms with van der Waals surface area (Å²) in [5.74, 6) is -0.839. The number of ether oxygens (including phenoxy) is 1. The molecule has 4 rings (SSSR count). The number of benzene rings is 3. The molecule has 1 N–H and O–H groups in total. The molecule has 1 fully saturated rings. The molecule has 0 aliphatic carbocycles. The summed E-state index contributed by atoms with van der Waals surface area (Å²) in [5.41, 5.74) is 4.88. The first-order chi connectivity index (χ1) is 19.3. The third kappa shape index (κ3) is 5.91. The number of ketones is 1. The van der Waals surface area contributed by atoms with Crippen LogP contribution >= 0.6 is 0 Å². The number of carbonyl (C=O) groups is 2. The number of aliphatic hydroxyl groups excluding tert-OH is 1. The van der Waals surface area contributed by atoms with Crippen LogP contribution in [0.4, 0.5) is 11.4 Å². The number of hydrogen-bond acceptors (Lipinski definition) is 5. The molecule has 3 aromatic carbocycles. The molecule has 1 amide bonds. The lowest BCUT2D eigenvalue weighted by atomic mass is 9.94. The van der Waals surface area contributed by atoms with Crippen molar-refractivity contribution in [2.45, 2.75) is 59.9 Å². The highest BCUT2D eigenvalue weighted by Gasteiger charge is 2.47. The molecule has 0 aromatic heterocycles. The number of amides is 1. The maximum Gasteiger partial charge on any atom is 0.300 e. The summed E-state index contributed by atoms with van der Waals surface area (Å²) in [7, 11) is 0. The normalized spacial score (nSPS) is 16.4. The third-order valence-electron chi connectivity index (χ3n) is 7.55. The van der Waals surface area contributed by atoms with E-state index in [1.807, 2.05) is 56.3 Å². The van der Waals surface area contributed by atoms with Crippen LogP contribution in [0.25, 0.3) is 5.76 Å². The van der Waals surface area contributed by atoms with Crippen LogP contribution in [0.15, 0.2) is 72.3 Å². The Morgan fingerprint density at radius 1 is 0.900 bits per heavy atom. The molecule has 0 spiro atoms. The Hall–Kier alpha value is -4.06. The maximum atomic E-state index is 13.6. The lowest BCUT2D eigenvalue weighted by Gasteiger charge is -2.28. The van der Waals surface area contributed by atoms with Crippen LogP contribution in [-0.2, 0) is 9.59 Å². The quantitative estimate of drug-likeness (QED) is 0.119. The van der Waals surface area contributed by atoms with Crippen molar-refractivity contribution in [3.05, 3.63) is 94.6 Å². The van der Waals surface area contributed by atoms with Crippen LogP contribution in [0.5, 0.6) is 5.75 Å². The van der Waals surface area contributed by atoms with E-state index in [0.717, 1.165) is 54.7 Å². The molecular formula is C34H40N2O4. The van der Waals surface area contributed by atoms with Gasteiger partial charge in [-0.2, -0.15) is 0 Å². The maximum absolute atomic E-state index is 13.6. The monoisotopic (exact) mass is 540 g/mol. The SMILES string of the molecule is CCCCCOc1ccc(/C(O)=C2\C(=O)C(=O)N(c3cc(C)ccc3C)C2c2ccc(N(CC)CC)cc2)cc1. The molecule has 0 saturated carbocycles. The number of Topliss-reactive ketones (excluding diaryl/α,β-unsaturated/α-hetero) is 1. The van der Waals surface area contributed by atoms with Crippen molar-refractivity contribution in [1.29, 1.82) is 0 Å². The predicted molar refractivity (Wildman–Crippen MR) is 162 cm³/mol. The molecule has 6 nitrogen and oxygen atoms in total. The van der Waals surface area contributed by atoms with Gasteiger partial charge >= 0.3 is 0 Å². The number of aryl methyl sites for hydroxylation is 2. The third-order valence-corrected chi connectivity index (χ3v) is 7.55. The van der Waals surface area contributed by atoms with E-state index >= 15 is 0 Å². The summed E-state index contributed by atoms with van der Waals surface area (Å²) in [6.07, 6.45) is 3.21. The summed E-state index contributed by atoms with van der Waals surface area (Å²) in [4.78, 5) is 30.9. The van der Waals surface area contributed by atoms with Gasteiger partial charge in [-0.05, 0) is 93.3 Å². The number of nitrogens with zero attached hydrogens (tertiary/aromatic N) is 2. The lowest BCUT2D eigenvalue weighted by molar-refractivity contribution is -0.132. The molecular weight excluding hydrogens is 500 g/mol. The first-order valence-electron chi connectivity index (χ1n) is 14.3. The predicted octanol–water partition coefficient (Wildman–Crippen LogP) is 7.34. The highest BCUT2D eigenvalue weighted by atomic mass is 16.5. The fourth-order valence-corrected chi connectivity index (χ4v) is 5.24. The van der Waals surface area contributed by atoms with Gasteiger partial charge in [-0.3, -0.25) is 14.5 Å². The van der Waals surface area contributed by atoms with Crippen LogP contribution < -0.4 is 14.5 Å². The number of rotatable bonds is 11. The second kappa shape index (κ2) is 12.9. The number of aliphatic hydroxyl groups is 1. The molecule has 6 heteroatoms.